The first-order valence-corrected chi connectivity index (χ1v) is 15.6. The Labute approximate surface area is 253 Å². The molecule has 2 rings (SSSR count). The van der Waals surface area contributed by atoms with E-state index >= 15 is 0 Å². The van der Waals surface area contributed by atoms with Gasteiger partial charge in [-0.05, 0) is 51.5 Å². The van der Waals surface area contributed by atoms with Gasteiger partial charge in [-0.15, -0.1) is 0 Å². The maximum atomic E-state index is 12.9. The lowest BCUT2D eigenvalue weighted by Crippen LogP contribution is -2.36. The third-order valence-corrected chi connectivity index (χ3v) is 8.73. The van der Waals surface area contributed by atoms with Crippen molar-refractivity contribution in [3.8, 4) is 0 Å². The maximum absolute atomic E-state index is 12.9. The van der Waals surface area contributed by atoms with Gasteiger partial charge in [-0.25, -0.2) is 4.79 Å². The van der Waals surface area contributed by atoms with E-state index in [4.69, 9.17) is 18.9 Å². The van der Waals surface area contributed by atoms with E-state index in [-0.39, 0.29) is 67.1 Å². The van der Waals surface area contributed by atoms with Gasteiger partial charge in [0, 0.05) is 43.3 Å². The van der Waals surface area contributed by atoms with E-state index in [0.717, 1.165) is 42.4 Å². The van der Waals surface area contributed by atoms with Crippen LogP contribution in [0.1, 0.15) is 87.0 Å². The third-order valence-electron chi connectivity index (χ3n) is 8.73. The van der Waals surface area contributed by atoms with Gasteiger partial charge in [0.25, 0.3) is 0 Å². The van der Waals surface area contributed by atoms with E-state index in [9.17, 15) is 14.7 Å². The summed E-state index contributed by atoms with van der Waals surface area (Å²) in [5, 5.41) is 10.9. The number of cyclic esters (lactones) is 2. The fourth-order valence-corrected chi connectivity index (χ4v) is 5.76. The Bertz CT molecular complexity index is 1020. The molecule has 2 heterocycles. The second-order valence-corrected chi connectivity index (χ2v) is 11.9. The lowest BCUT2D eigenvalue weighted by atomic mass is 9.84. The number of unbranched alkanes of at least 4 members (excludes halogenated alkanes) is 1. The van der Waals surface area contributed by atoms with Gasteiger partial charge in [0.15, 0.2) is 0 Å². The van der Waals surface area contributed by atoms with Crippen LogP contribution in [-0.2, 0) is 28.5 Å². The third kappa shape index (κ3) is 11.0. The Morgan fingerprint density at radius 1 is 1.10 bits per heavy atom. The molecular formula is C35H54O7. The number of carbonyl (C=O) groups is 2. The molecule has 0 aromatic heterocycles. The van der Waals surface area contributed by atoms with Gasteiger partial charge in [-0.3, -0.25) is 4.79 Å². The van der Waals surface area contributed by atoms with E-state index in [1.807, 2.05) is 52.8 Å². The number of aliphatic hydroxyl groups excluding tert-OH is 1. The van der Waals surface area contributed by atoms with Crippen molar-refractivity contribution >= 4 is 11.9 Å². The van der Waals surface area contributed by atoms with Crippen LogP contribution in [0.15, 0.2) is 59.3 Å². The molecule has 0 fully saturated rings. The van der Waals surface area contributed by atoms with Crippen LogP contribution >= 0.6 is 0 Å². The quantitative estimate of drug-likeness (QED) is 0.134. The van der Waals surface area contributed by atoms with Crippen molar-refractivity contribution < 1.29 is 33.6 Å². The van der Waals surface area contributed by atoms with Gasteiger partial charge in [0.05, 0.1) is 12.2 Å². The highest BCUT2D eigenvalue weighted by atomic mass is 16.7. The number of rotatable bonds is 9. The lowest BCUT2D eigenvalue weighted by Gasteiger charge is -2.32. The standard InChI is InChI=1S/C35H54O7/c1-9-31-27(6)29(21-33(38)41-31)18-12-10-15-24(3)34-25(4)16-11-13-19-30(36)28(7)35(40-22-39-8)26(5)23(2)17-14-20-32(37)42-34/h11,13,15-17,19,21,25-28,30-31,34-36H,9-10,12,14,18,20,22H2,1-8H3/b16-11-,19-13-,23-17+,24-15+/t25-,26?,27?,28?,30?,31-,34?,35-/m0/s1. The van der Waals surface area contributed by atoms with E-state index in [0.29, 0.717) is 6.42 Å². The van der Waals surface area contributed by atoms with Crippen molar-refractivity contribution in [2.75, 3.05) is 13.9 Å². The topological polar surface area (TPSA) is 91.3 Å². The number of hydrogen-bond acceptors (Lipinski definition) is 7. The molecule has 0 bridgehead atoms. The first kappa shape index (κ1) is 35.7. The number of ether oxygens (including phenoxy) is 4. The predicted molar refractivity (Wildman–Crippen MR) is 166 cm³/mol. The van der Waals surface area contributed by atoms with Gasteiger partial charge in [0.2, 0.25) is 0 Å². The fraction of sp³-hybridized carbons (Fsp3) is 0.657. The van der Waals surface area contributed by atoms with E-state index in [2.05, 4.69) is 26.0 Å². The Balaban J connectivity index is 2.17. The van der Waals surface area contributed by atoms with Gasteiger partial charge >= 0.3 is 11.9 Å². The Hall–Kier alpha value is -2.48. The molecule has 0 radical (unpaired) electrons. The normalized spacial score (nSPS) is 34.9. The SMILES string of the molecule is CC[C@@H]1OC(=O)C=C(CCC/C=C(\C)C2OC(=O)CC/C=C(\C)C(C)[C@H](OCOC)C(C)C(O)/C=C\C=C/[C@@H]2C)C1C. The molecule has 7 heteroatoms. The van der Waals surface area contributed by atoms with Gasteiger partial charge < -0.3 is 24.1 Å². The predicted octanol–water partition coefficient (Wildman–Crippen LogP) is 7.02. The number of esters is 2. The van der Waals surface area contributed by atoms with Crippen LogP contribution in [0.3, 0.4) is 0 Å². The minimum absolute atomic E-state index is 0.0292. The van der Waals surface area contributed by atoms with Crippen molar-refractivity contribution in [1.29, 1.82) is 0 Å². The van der Waals surface area contributed by atoms with Crippen molar-refractivity contribution in [2.24, 2.45) is 23.7 Å². The molecular weight excluding hydrogens is 532 g/mol. The van der Waals surface area contributed by atoms with Crippen molar-refractivity contribution in [3.05, 3.63) is 59.3 Å². The molecule has 0 saturated carbocycles. The van der Waals surface area contributed by atoms with Crippen LogP contribution in [0.25, 0.3) is 0 Å². The molecule has 2 aliphatic rings. The van der Waals surface area contributed by atoms with Crippen LogP contribution in [0, 0.1) is 23.7 Å². The zero-order valence-electron chi connectivity index (χ0n) is 27.0. The van der Waals surface area contributed by atoms with Gasteiger partial charge in [-0.2, -0.15) is 0 Å². The van der Waals surface area contributed by atoms with E-state index < -0.39 is 6.10 Å². The second-order valence-electron chi connectivity index (χ2n) is 11.9. The van der Waals surface area contributed by atoms with Crippen molar-refractivity contribution in [2.45, 2.75) is 111 Å². The van der Waals surface area contributed by atoms with Crippen LogP contribution < -0.4 is 0 Å². The monoisotopic (exact) mass is 586 g/mol. The smallest absolute Gasteiger partial charge is 0.331 e. The molecule has 2 aliphatic heterocycles. The van der Waals surface area contributed by atoms with Crippen LogP contribution in [0.5, 0.6) is 0 Å². The summed E-state index contributed by atoms with van der Waals surface area (Å²) in [5.41, 5.74) is 3.25. The number of hydrogen-bond donors (Lipinski definition) is 1. The largest absolute Gasteiger partial charge is 0.459 e. The summed E-state index contributed by atoms with van der Waals surface area (Å²) in [4.78, 5) is 24.9. The molecule has 5 unspecified atom stereocenters. The van der Waals surface area contributed by atoms with Crippen LogP contribution in [0.2, 0.25) is 0 Å². The van der Waals surface area contributed by atoms with Gasteiger partial charge in [-0.1, -0.05) is 82.2 Å². The van der Waals surface area contributed by atoms with Crippen molar-refractivity contribution in [3.63, 3.8) is 0 Å². The molecule has 0 aromatic rings. The average molecular weight is 587 g/mol. The molecule has 42 heavy (non-hydrogen) atoms. The molecule has 1 N–H and O–H groups in total. The van der Waals surface area contributed by atoms with Crippen LogP contribution in [-0.4, -0.2) is 55.4 Å². The molecule has 7 nitrogen and oxygen atoms in total. The highest BCUT2D eigenvalue weighted by Gasteiger charge is 2.30. The summed E-state index contributed by atoms with van der Waals surface area (Å²) in [6.07, 6.45) is 16.2. The summed E-state index contributed by atoms with van der Waals surface area (Å²) in [7, 11) is 1.59. The molecule has 0 spiro atoms. The minimum Gasteiger partial charge on any atom is -0.459 e. The molecule has 0 aliphatic carbocycles. The van der Waals surface area contributed by atoms with Gasteiger partial charge in [0.1, 0.15) is 19.0 Å². The highest BCUT2D eigenvalue weighted by molar-refractivity contribution is 5.84. The minimum atomic E-state index is -0.693. The zero-order chi connectivity index (χ0) is 31.2. The van der Waals surface area contributed by atoms with E-state index in [1.54, 1.807) is 19.3 Å². The number of aliphatic hydroxyl groups is 1. The highest BCUT2D eigenvalue weighted by Crippen LogP contribution is 2.30. The molecule has 236 valence electrons. The molecule has 8 atom stereocenters. The zero-order valence-corrected chi connectivity index (χ0v) is 27.0. The Morgan fingerprint density at radius 2 is 1.81 bits per heavy atom. The maximum Gasteiger partial charge on any atom is 0.331 e. The number of methoxy groups -OCH3 is 1. The molecule has 0 aromatic carbocycles. The number of carbonyl (C=O) groups excluding carboxylic acids is 2. The summed E-state index contributed by atoms with van der Waals surface area (Å²) in [5.74, 6) is -0.433. The average Bonchev–Trinajstić information content (AvgIpc) is 2.96. The first-order chi connectivity index (χ1) is 20.0. The van der Waals surface area contributed by atoms with Crippen LogP contribution in [0.4, 0.5) is 0 Å². The first-order valence-electron chi connectivity index (χ1n) is 15.6. The Kier molecular flexibility index (Phi) is 15.5. The Morgan fingerprint density at radius 3 is 2.50 bits per heavy atom. The summed E-state index contributed by atoms with van der Waals surface area (Å²) < 4.78 is 22.6. The summed E-state index contributed by atoms with van der Waals surface area (Å²) in [6.45, 7) is 14.5. The van der Waals surface area contributed by atoms with Crippen molar-refractivity contribution in [1.82, 2.24) is 0 Å². The summed E-state index contributed by atoms with van der Waals surface area (Å²) in [6, 6.07) is 0. The van der Waals surface area contributed by atoms with E-state index in [1.165, 1.54) is 0 Å². The fourth-order valence-electron chi connectivity index (χ4n) is 5.76. The summed E-state index contributed by atoms with van der Waals surface area (Å²) >= 11 is 0. The lowest BCUT2D eigenvalue weighted by molar-refractivity contribution is -0.149. The molecule has 0 saturated heterocycles. The second kappa shape index (κ2) is 18.2. The number of allylic oxidation sites excluding steroid dienone is 4. The molecule has 0 amide bonds.